The Morgan fingerprint density at radius 3 is 2.70 bits per heavy atom. The monoisotopic (exact) mass is 316 g/mol. The van der Waals surface area contributed by atoms with Crippen molar-refractivity contribution >= 4 is 21.2 Å². The highest BCUT2D eigenvalue weighted by molar-refractivity contribution is 7.91. The van der Waals surface area contributed by atoms with Crippen LogP contribution in [0, 0.1) is 5.92 Å². The first-order chi connectivity index (χ1) is 9.16. The number of rotatable bonds is 4. The van der Waals surface area contributed by atoms with Crippen molar-refractivity contribution in [2.24, 2.45) is 11.7 Å². The van der Waals surface area contributed by atoms with Crippen LogP contribution in [0.5, 0.6) is 0 Å². The van der Waals surface area contributed by atoms with Gasteiger partial charge in [0.15, 0.2) is 9.84 Å². The summed E-state index contributed by atoms with van der Waals surface area (Å²) in [5.41, 5.74) is 7.34. The minimum absolute atomic E-state index is 0.00673. The molecular weight excluding hydrogens is 292 g/mol. The molecule has 0 amide bonds. The maximum atomic E-state index is 11.4. The topological polar surface area (TPSA) is 73.1 Å². The molecular formula is C14H24N2O2S2. The SMILES string of the molecule is CC(C)(C)c1csc(CC(N)CC2CCS(=O)(=O)C2)n1. The third-order valence-electron chi connectivity index (χ3n) is 3.72. The van der Waals surface area contributed by atoms with E-state index in [1.54, 1.807) is 11.3 Å². The van der Waals surface area contributed by atoms with Crippen molar-refractivity contribution in [2.75, 3.05) is 11.5 Å². The Morgan fingerprint density at radius 2 is 2.20 bits per heavy atom. The maximum absolute atomic E-state index is 11.4. The molecule has 1 aliphatic rings. The second kappa shape index (κ2) is 5.73. The van der Waals surface area contributed by atoms with Gasteiger partial charge in [0.05, 0.1) is 22.2 Å². The predicted molar refractivity (Wildman–Crippen MR) is 83.9 cm³/mol. The molecule has 114 valence electrons. The van der Waals surface area contributed by atoms with Gasteiger partial charge in [0.25, 0.3) is 0 Å². The molecule has 6 heteroatoms. The fraction of sp³-hybridized carbons (Fsp3) is 0.786. The fourth-order valence-electron chi connectivity index (χ4n) is 2.54. The molecule has 2 atom stereocenters. The van der Waals surface area contributed by atoms with Crippen molar-refractivity contribution in [3.8, 4) is 0 Å². The van der Waals surface area contributed by atoms with Gasteiger partial charge in [0.2, 0.25) is 0 Å². The Balaban J connectivity index is 1.89. The molecule has 2 rings (SSSR count). The molecule has 0 aliphatic carbocycles. The van der Waals surface area contributed by atoms with Crippen LogP contribution >= 0.6 is 11.3 Å². The van der Waals surface area contributed by atoms with Gasteiger partial charge in [-0.2, -0.15) is 0 Å². The zero-order valence-electron chi connectivity index (χ0n) is 12.4. The average molecular weight is 316 g/mol. The molecule has 20 heavy (non-hydrogen) atoms. The summed E-state index contributed by atoms with van der Waals surface area (Å²) < 4.78 is 22.9. The van der Waals surface area contributed by atoms with E-state index < -0.39 is 9.84 Å². The Morgan fingerprint density at radius 1 is 1.50 bits per heavy atom. The van der Waals surface area contributed by atoms with E-state index in [2.05, 4.69) is 31.1 Å². The standard InChI is InChI=1S/C14H24N2O2S2/c1-14(2,3)12-8-19-13(16-12)7-11(15)6-10-4-5-20(17,18)9-10/h8,10-11H,4-7,9,15H2,1-3H3. The summed E-state index contributed by atoms with van der Waals surface area (Å²) in [5, 5.41) is 3.16. The van der Waals surface area contributed by atoms with Crippen LogP contribution in [-0.4, -0.2) is 30.9 Å². The lowest BCUT2D eigenvalue weighted by molar-refractivity contribution is 0.467. The molecule has 2 N–H and O–H groups in total. The van der Waals surface area contributed by atoms with E-state index in [0.29, 0.717) is 11.5 Å². The molecule has 1 saturated heterocycles. The van der Waals surface area contributed by atoms with Gasteiger partial charge < -0.3 is 5.73 Å². The number of hydrogen-bond acceptors (Lipinski definition) is 5. The van der Waals surface area contributed by atoms with Gasteiger partial charge >= 0.3 is 0 Å². The zero-order chi connectivity index (χ0) is 15.0. The number of thiazole rings is 1. The Labute approximate surface area is 125 Å². The number of nitrogens with two attached hydrogens (primary N) is 1. The quantitative estimate of drug-likeness (QED) is 0.923. The van der Waals surface area contributed by atoms with Crippen LogP contribution in [0.1, 0.15) is 44.3 Å². The van der Waals surface area contributed by atoms with Crippen LogP contribution in [0.25, 0.3) is 0 Å². The minimum Gasteiger partial charge on any atom is -0.327 e. The van der Waals surface area contributed by atoms with E-state index in [9.17, 15) is 8.42 Å². The Hall–Kier alpha value is -0.460. The highest BCUT2D eigenvalue weighted by Crippen LogP contribution is 2.26. The van der Waals surface area contributed by atoms with Crippen molar-refractivity contribution in [3.05, 3.63) is 16.1 Å². The molecule has 1 aromatic rings. The molecule has 2 heterocycles. The van der Waals surface area contributed by atoms with Crippen molar-refractivity contribution in [1.82, 2.24) is 4.98 Å². The summed E-state index contributed by atoms with van der Waals surface area (Å²) in [5.74, 6) is 0.874. The second-order valence-electron chi connectivity index (χ2n) is 6.85. The van der Waals surface area contributed by atoms with Crippen LogP contribution < -0.4 is 5.73 Å². The number of nitrogens with zero attached hydrogens (tertiary/aromatic N) is 1. The van der Waals surface area contributed by atoms with Crippen LogP contribution in [-0.2, 0) is 21.7 Å². The number of hydrogen-bond donors (Lipinski definition) is 1. The summed E-state index contributed by atoms with van der Waals surface area (Å²) in [4.78, 5) is 4.64. The van der Waals surface area contributed by atoms with Crippen LogP contribution in [0.4, 0.5) is 0 Å². The summed E-state index contributed by atoms with van der Waals surface area (Å²) in [7, 11) is -2.80. The summed E-state index contributed by atoms with van der Waals surface area (Å²) in [6.07, 6.45) is 2.29. The van der Waals surface area contributed by atoms with E-state index in [1.807, 2.05) is 0 Å². The molecule has 0 radical (unpaired) electrons. The van der Waals surface area contributed by atoms with Crippen molar-refractivity contribution in [3.63, 3.8) is 0 Å². The van der Waals surface area contributed by atoms with Crippen LogP contribution in [0.3, 0.4) is 0 Å². The van der Waals surface area contributed by atoms with Crippen molar-refractivity contribution in [1.29, 1.82) is 0 Å². The Kier molecular flexibility index (Phi) is 4.56. The van der Waals surface area contributed by atoms with Gasteiger partial charge in [-0.05, 0) is 18.8 Å². The van der Waals surface area contributed by atoms with Gasteiger partial charge in [-0.3, -0.25) is 0 Å². The summed E-state index contributed by atoms with van der Waals surface area (Å²) in [6, 6.07) is 0.00673. The summed E-state index contributed by atoms with van der Waals surface area (Å²) in [6.45, 7) is 6.44. The van der Waals surface area contributed by atoms with Crippen LogP contribution in [0.2, 0.25) is 0 Å². The third-order valence-corrected chi connectivity index (χ3v) is 6.43. The molecule has 0 bridgehead atoms. The zero-order valence-corrected chi connectivity index (χ0v) is 14.1. The first-order valence-electron chi connectivity index (χ1n) is 7.06. The lowest BCUT2D eigenvalue weighted by atomic mass is 9.93. The van der Waals surface area contributed by atoms with E-state index in [1.165, 1.54) is 0 Å². The van der Waals surface area contributed by atoms with Gasteiger partial charge in [0, 0.05) is 23.3 Å². The molecule has 0 aromatic carbocycles. The third kappa shape index (κ3) is 4.27. The minimum atomic E-state index is -2.80. The largest absolute Gasteiger partial charge is 0.327 e. The average Bonchev–Trinajstić information content (AvgIpc) is 2.84. The van der Waals surface area contributed by atoms with Gasteiger partial charge in [-0.1, -0.05) is 20.8 Å². The highest BCUT2D eigenvalue weighted by Gasteiger charge is 2.29. The highest BCUT2D eigenvalue weighted by atomic mass is 32.2. The second-order valence-corrected chi connectivity index (χ2v) is 10.0. The van der Waals surface area contributed by atoms with Gasteiger partial charge in [0.1, 0.15) is 0 Å². The lowest BCUT2D eigenvalue weighted by Crippen LogP contribution is -2.26. The molecule has 0 spiro atoms. The number of sulfone groups is 1. The maximum Gasteiger partial charge on any atom is 0.150 e. The van der Waals surface area contributed by atoms with Crippen LogP contribution in [0.15, 0.2) is 5.38 Å². The van der Waals surface area contributed by atoms with Gasteiger partial charge in [-0.15, -0.1) is 11.3 Å². The molecule has 1 fully saturated rings. The van der Waals surface area contributed by atoms with E-state index in [0.717, 1.165) is 30.0 Å². The first kappa shape index (κ1) is 15.9. The number of aromatic nitrogens is 1. The first-order valence-corrected chi connectivity index (χ1v) is 9.77. The lowest BCUT2D eigenvalue weighted by Gasteiger charge is -2.15. The van der Waals surface area contributed by atoms with Crippen molar-refractivity contribution in [2.45, 2.75) is 51.5 Å². The smallest absolute Gasteiger partial charge is 0.150 e. The van der Waals surface area contributed by atoms with Gasteiger partial charge in [-0.25, -0.2) is 13.4 Å². The van der Waals surface area contributed by atoms with Crippen molar-refractivity contribution < 1.29 is 8.42 Å². The van der Waals surface area contributed by atoms with E-state index >= 15 is 0 Å². The van der Waals surface area contributed by atoms with E-state index in [-0.39, 0.29) is 17.4 Å². The molecule has 0 saturated carbocycles. The summed E-state index contributed by atoms with van der Waals surface area (Å²) >= 11 is 1.65. The molecule has 1 aromatic heterocycles. The Bertz CT molecular complexity index is 558. The van der Waals surface area contributed by atoms with E-state index in [4.69, 9.17) is 5.73 Å². The molecule has 4 nitrogen and oxygen atoms in total. The normalized spacial score (nSPS) is 23.9. The molecule has 2 unspecified atom stereocenters. The fourth-order valence-corrected chi connectivity index (χ4v) is 5.54. The predicted octanol–water partition coefficient (Wildman–Crippen LogP) is 2.14. The molecule has 1 aliphatic heterocycles.